The lowest BCUT2D eigenvalue weighted by Crippen LogP contribution is -2.13. The first-order valence-electron chi connectivity index (χ1n) is 9.28. The van der Waals surface area contributed by atoms with E-state index < -0.39 is 0 Å². The SMILES string of the molecule is COc1ccc(OCCNc2cc(C)nc(Nc3cccc(C(C)=O)c3)n2)cc1. The summed E-state index contributed by atoms with van der Waals surface area (Å²) in [4.78, 5) is 20.4. The lowest BCUT2D eigenvalue weighted by molar-refractivity contribution is 0.101. The third kappa shape index (κ3) is 5.93. The van der Waals surface area contributed by atoms with Crippen molar-refractivity contribution in [3.63, 3.8) is 0 Å². The Hall–Kier alpha value is -3.61. The van der Waals surface area contributed by atoms with Gasteiger partial charge in [-0.2, -0.15) is 4.98 Å². The minimum absolute atomic E-state index is 0.0121. The summed E-state index contributed by atoms with van der Waals surface area (Å²) in [6.07, 6.45) is 0. The summed E-state index contributed by atoms with van der Waals surface area (Å²) in [5.41, 5.74) is 2.22. The van der Waals surface area contributed by atoms with E-state index in [0.29, 0.717) is 30.5 Å². The number of methoxy groups -OCH3 is 1. The van der Waals surface area contributed by atoms with E-state index in [1.807, 2.05) is 49.4 Å². The van der Waals surface area contributed by atoms with E-state index in [9.17, 15) is 4.79 Å². The minimum atomic E-state index is 0.0121. The number of aromatic nitrogens is 2. The molecule has 0 amide bonds. The van der Waals surface area contributed by atoms with Gasteiger partial charge in [0.2, 0.25) is 5.95 Å². The number of ketones is 1. The highest BCUT2D eigenvalue weighted by atomic mass is 16.5. The fourth-order valence-electron chi connectivity index (χ4n) is 2.68. The topological polar surface area (TPSA) is 85.4 Å². The summed E-state index contributed by atoms with van der Waals surface area (Å²) in [6, 6.07) is 16.6. The van der Waals surface area contributed by atoms with Gasteiger partial charge in [-0.05, 0) is 50.2 Å². The van der Waals surface area contributed by atoms with Crippen LogP contribution in [-0.4, -0.2) is 36.0 Å². The molecular weight excluding hydrogens is 368 g/mol. The van der Waals surface area contributed by atoms with Gasteiger partial charge >= 0.3 is 0 Å². The molecule has 0 fully saturated rings. The number of carbonyl (C=O) groups is 1. The van der Waals surface area contributed by atoms with Gasteiger partial charge in [-0.1, -0.05) is 12.1 Å². The Labute approximate surface area is 170 Å². The lowest BCUT2D eigenvalue weighted by Gasteiger charge is -2.11. The highest BCUT2D eigenvalue weighted by Crippen LogP contribution is 2.18. The fourth-order valence-corrected chi connectivity index (χ4v) is 2.68. The fraction of sp³-hybridized carbons (Fsp3) is 0.227. The number of nitrogens with one attached hydrogen (secondary N) is 2. The third-order valence-electron chi connectivity index (χ3n) is 4.12. The van der Waals surface area contributed by atoms with Crippen LogP contribution in [0, 0.1) is 6.92 Å². The molecule has 0 spiro atoms. The maximum absolute atomic E-state index is 11.6. The Kier molecular flexibility index (Phi) is 6.63. The maximum atomic E-state index is 11.6. The van der Waals surface area contributed by atoms with Gasteiger partial charge in [0, 0.05) is 23.0 Å². The van der Waals surface area contributed by atoms with Gasteiger partial charge in [0.1, 0.15) is 23.9 Å². The first kappa shape index (κ1) is 20.1. The van der Waals surface area contributed by atoms with Crippen LogP contribution >= 0.6 is 0 Å². The zero-order valence-electron chi connectivity index (χ0n) is 16.7. The number of carbonyl (C=O) groups excluding carboxylic acids is 1. The van der Waals surface area contributed by atoms with Crippen LogP contribution in [0.5, 0.6) is 11.5 Å². The van der Waals surface area contributed by atoms with Crippen LogP contribution in [-0.2, 0) is 0 Å². The van der Waals surface area contributed by atoms with Gasteiger partial charge < -0.3 is 20.1 Å². The summed E-state index contributed by atoms with van der Waals surface area (Å²) < 4.78 is 10.8. The Balaban J connectivity index is 1.57. The molecule has 0 aliphatic heterocycles. The Morgan fingerprint density at radius 2 is 1.79 bits per heavy atom. The van der Waals surface area contributed by atoms with Gasteiger partial charge in [-0.3, -0.25) is 4.79 Å². The van der Waals surface area contributed by atoms with Crippen molar-refractivity contribution in [3.8, 4) is 11.5 Å². The lowest BCUT2D eigenvalue weighted by atomic mass is 10.1. The molecule has 0 saturated heterocycles. The first-order chi connectivity index (χ1) is 14.0. The van der Waals surface area contributed by atoms with Gasteiger partial charge in [0.05, 0.1) is 13.7 Å². The standard InChI is InChI=1S/C22H24N4O3/c1-15-13-21(23-11-12-29-20-9-7-19(28-3)8-10-20)26-22(24-15)25-18-6-4-5-17(14-18)16(2)27/h4-10,13-14H,11-12H2,1-3H3,(H2,23,24,25,26). The summed E-state index contributed by atoms with van der Waals surface area (Å²) >= 11 is 0. The highest BCUT2D eigenvalue weighted by molar-refractivity contribution is 5.95. The summed E-state index contributed by atoms with van der Waals surface area (Å²) in [7, 11) is 1.63. The van der Waals surface area contributed by atoms with Gasteiger partial charge in [-0.25, -0.2) is 4.98 Å². The molecule has 3 rings (SSSR count). The van der Waals surface area contributed by atoms with Crippen molar-refractivity contribution in [2.75, 3.05) is 30.9 Å². The van der Waals surface area contributed by atoms with Crippen molar-refractivity contribution in [2.45, 2.75) is 13.8 Å². The van der Waals surface area contributed by atoms with Gasteiger partial charge in [-0.15, -0.1) is 0 Å². The second kappa shape index (κ2) is 9.54. The van der Waals surface area contributed by atoms with Crippen molar-refractivity contribution >= 4 is 23.2 Å². The maximum Gasteiger partial charge on any atom is 0.229 e. The predicted molar refractivity (Wildman–Crippen MR) is 113 cm³/mol. The van der Waals surface area contributed by atoms with E-state index in [1.165, 1.54) is 6.92 Å². The molecule has 0 atom stereocenters. The monoisotopic (exact) mass is 392 g/mol. The van der Waals surface area contributed by atoms with Gasteiger partial charge in [0.15, 0.2) is 5.78 Å². The Morgan fingerprint density at radius 3 is 2.52 bits per heavy atom. The van der Waals surface area contributed by atoms with Crippen LogP contribution in [0.25, 0.3) is 0 Å². The molecule has 0 radical (unpaired) electrons. The van der Waals surface area contributed by atoms with Crippen molar-refractivity contribution in [2.24, 2.45) is 0 Å². The predicted octanol–water partition coefficient (Wildman–Crippen LogP) is 4.23. The van der Waals surface area contributed by atoms with E-state index >= 15 is 0 Å². The molecule has 3 aromatic rings. The molecule has 1 heterocycles. The minimum Gasteiger partial charge on any atom is -0.497 e. The van der Waals surface area contributed by atoms with Crippen molar-refractivity contribution in [1.29, 1.82) is 0 Å². The van der Waals surface area contributed by atoms with Crippen LogP contribution in [0.4, 0.5) is 17.5 Å². The van der Waals surface area contributed by atoms with E-state index in [2.05, 4.69) is 20.6 Å². The number of anilines is 3. The van der Waals surface area contributed by atoms with E-state index in [0.717, 1.165) is 22.9 Å². The average Bonchev–Trinajstić information content (AvgIpc) is 2.71. The van der Waals surface area contributed by atoms with Crippen LogP contribution in [0.1, 0.15) is 23.0 Å². The largest absolute Gasteiger partial charge is 0.497 e. The molecule has 150 valence electrons. The molecule has 2 aromatic carbocycles. The summed E-state index contributed by atoms with van der Waals surface area (Å²) in [6.45, 7) is 4.51. The van der Waals surface area contributed by atoms with Crippen molar-refractivity contribution in [3.05, 3.63) is 65.9 Å². The van der Waals surface area contributed by atoms with Crippen LogP contribution in [0.15, 0.2) is 54.6 Å². The molecule has 2 N–H and O–H groups in total. The number of nitrogens with zero attached hydrogens (tertiary/aromatic N) is 2. The normalized spacial score (nSPS) is 10.3. The summed E-state index contributed by atoms with van der Waals surface area (Å²) in [5, 5.41) is 6.39. The highest BCUT2D eigenvalue weighted by Gasteiger charge is 2.05. The molecule has 0 aliphatic carbocycles. The van der Waals surface area contributed by atoms with Gasteiger partial charge in [0.25, 0.3) is 0 Å². The second-order valence-corrected chi connectivity index (χ2v) is 6.43. The van der Waals surface area contributed by atoms with E-state index in [-0.39, 0.29) is 5.78 Å². The quantitative estimate of drug-likeness (QED) is 0.416. The number of ether oxygens (including phenoxy) is 2. The molecule has 1 aromatic heterocycles. The molecule has 0 unspecified atom stereocenters. The number of hydrogen-bond donors (Lipinski definition) is 2. The summed E-state index contributed by atoms with van der Waals surface area (Å²) in [5.74, 6) is 2.74. The zero-order chi connectivity index (χ0) is 20.6. The zero-order valence-corrected chi connectivity index (χ0v) is 16.7. The number of hydrogen-bond acceptors (Lipinski definition) is 7. The third-order valence-corrected chi connectivity index (χ3v) is 4.12. The van der Waals surface area contributed by atoms with Crippen LogP contribution in [0.2, 0.25) is 0 Å². The van der Waals surface area contributed by atoms with Crippen LogP contribution in [0.3, 0.4) is 0 Å². The second-order valence-electron chi connectivity index (χ2n) is 6.43. The average molecular weight is 392 g/mol. The number of benzene rings is 2. The number of rotatable bonds is 9. The molecule has 7 heteroatoms. The molecule has 7 nitrogen and oxygen atoms in total. The number of Topliss-reactive ketones (excluding diaryl/α,β-unsaturated/α-hetero) is 1. The number of aryl methyl sites for hydroxylation is 1. The molecule has 0 aliphatic rings. The Morgan fingerprint density at radius 1 is 1.03 bits per heavy atom. The smallest absolute Gasteiger partial charge is 0.229 e. The van der Waals surface area contributed by atoms with E-state index in [1.54, 1.807) is 19.2 Å². The van der Waals surface area contributed by atoms with Crippen LogP contribution < -0.4 is 20.1 Å². The molecular formula is C22H24N4O3. The van der Waals surface area contributed by atoms with Crippen molar-refractivity contribution < 1.29 is 14.3 Å². The Bertz CT molecular complexity index is 974. The molecule has 0 saturated carbocycles. The van der Waals surface area contributed by atoms with E-state index in [4.69, 9.17) is 9.47 Å². The first-order valence-corrected chi connectivity index (χ1v) is 9.28. The van der Waals surface area contributed by atoms with Crippen molar-refractivity contribution in [1.82, 2.24) is 9.97 Å². The molecule has 0 bridgehead atoms. The molecule has 29 heavy (non-hydrogen) atoms.